The number of carbonyl (C=O) groups is 2. The smallest absolute Gasteiger partial charge is 0.305 e. The van der Waals surface area contributed by atoms with Gasteiger partial charge in [-0.2, -0.15) is 0 Å². The van der Waals surface area contributed by atoms with E-state index in [-0.39, 0.29) is 18.5 Å². The van der Waals surface area contributed by atoms with Crippen molar-refractivity contribution < 1.29 is 24.5 Å². The maximum Gasteiger partial charge on any atom is 0.305 e. The number of hydrogen-bond acceptors (Lipinski definition) is 5. The number of nitrogens with one attached hydrogen (secondary N) is 1. The summed E-state index contributed by atoms with van der Waals surface area (Å²) in [5, 5.41) is 23.4. The van der Waals surface area contributed by atoms with E-state index in [1.165, 1.54) is 302 Å². The third kappa shape index (κ3) is 63.3. The summed E-state index contributed by atoms with van der Waals surface area (Å²) in [5.41, 5.74) is 0. The Morgan fingerprint density at radius 2 is 0.654 bits per heavy atom. The van der Waals surface area contributed by atoms with Crippen LogP contribution in [0.4, 0.5) is 0 Å². The summed E-state index contributed by atoms with van der Waals surface area (Å²) in [4.78, 5) is 24.6. The van der Waals surface area contributed by atoms with Gasteiger partial charge in [0.1, 0.15) is 0 Å². The van der Waals surface area contributed by atoms with Crippen molar-refractivity contribution in [3.05, 3.63) is 36.5 Å². The molecule has 0 saturated heterocycles. The molecule has 0 aromatic heterocycles. The van der Waals surface area contributed by atoms with Gasteiger partial charge < -0.3 is 20.3 Å². The Morgan fingerprint density at radius 3 is 1.03 bits per heavy atom. The van der Waals surface area contributed by atoms with Crippen LogP contribution in [0.25, 0.3) is 0 Å². The molecule has 2 atom stereocenters. The van der Waals surface area contributed by atoms with Crippen LogP contribution in [0.1, 0.15) is 386 Å². The highest BCUT2D eigenvalue weighted by Crippen LogP contribution is 2.19. The van der Waals surface area contributed by atoms with Gasteiger partial charge in [-0.25, -0.2) is 0 Å². The van der Waals surface area contributed by atoms with Gasteiger partial charge in [0.15, 0.2) is 0 Å². The molecule has 460 valence electrons. The molecule has 0 aromatic carbocycles. The average Bonchev–Trinajstić information content (AvgIpc) is 3.44. The van der Waals surface area contributed by atoms with Crippen LogP contribution in [-0.4, -0.2) is 47.4 Å². The van der Waals surface area contributed by atoms with E-state index in [9.17, 15) is 19.8 Å². The second-order valence-electron chi connectivity index (χ2n) is 24.2. The quantitative estimate of drug-likeness (QED) is 0.0320. The highest BCUT2D eigenvalue weighted by Gasteiger charge is 2.20. The predicted octanol–water partition coefficient (Wildman–Crippen LogP) is 22.7. The van der Waals surface area contributed by atoms with Crippen LogP contribution in [0.15, 0.2) is 36.5 Å². The summed E-state index contributed by atoms with van der Waals surface area (Å²) >= 11 is 0. The Labute approximate surface area is 487 Å². The maximum absolute atomic E-state index is 12.5. The highest BCUT2D eigenvalue weighted by molar-refractivity contribution is 5.76. The number of ether oxygens (including phenoxy) is 1. The van der Waals surface area contributed by atoms with Crippen molar-refractivity contribution >= 4 is 11.9 Å². The van der Waals surface area contributed by atoms with Crippen LogP contribution < -0.4 is 5.32 Å². The van der Waals surface area contributed by atoms with Crippen molar-refractivity contribution in [1.82, 2.24) is 5.32 Å². The molecule has 6 nitrogen and oxygen atoms in total. The summed E-state index contributed by atoms with van der Waals surface area (Å²) in [7, 11) is 0. The monoisotopic (exact) mass is 1100 g/mol. The molecule has 1 amide bonds. The van der Waals surface area contributed by atoms with Crippen LogP contribution >= 0.6 is 0 Å². The Kier molecular flexibility index (Phi) is 65.9. The molecule has 0 rings (SSSR count). The fourth-order valence-electron chi connectivity index (χ4n) is 11.0. The molecule has 0 radical (unpaired) electrons. The average molecular weight is 1100 g/mol. The third-order valence-corrected chi connectivity index (χ3v) is 16.4. The molecule has 0 spiro atoms. The van der Waals surface area contributed by atoms with E-state index in [2.05, 4.69) is 55.6 Å². The molecule has 2 unspecified atom stereocenters. The second-order valence-corrected chi connectivity index (χ2v) is 24.2. The zero-order valence-corrected chi connectivity index (χ0v) is 52.7. The molecule has 0 aliphatic carbocycles. The van der Waals surface area contributed by atoms with Crippen LogP contribution in [0, 0.1) is 0 Å². The highest BCUT2D eigenvalue weighted by atomic mass is 16.5. The van der Waals surface area contributed by atoms with E-state index in [1.807, 2.05) is 0 Å². The lowest BCUT2D eigenvalue weighted by molar-refractivity contribution is -0.143. The first-order chi connectivity index (χ1) is 38.5. The maximum atomic E-state index is 12.5. The van der Waals surface area contributed by atoms with Gasteiger partial charge in [0, 0.05) is 12.8 Å². The summed E-state index contributed by atoms with van der Waals surface area (Å²) in [6.45, 7) is 4.94. The van der Waals surface area contributed by atoms with Crippen molar-refractivity contribution in [2.75, 3.05) is 13.2 Å². The minimum atomic E-state index is -0.664. The summed E-state index contributed by atoms with van der Waals surface area (Å²) in [6.07, 6.45) is 86.2. The summed E-state index contributed by atoms with van der Waals surface area (Å²) < 4.78 is 5.48. The van der Waals surface area contributed by atoms with Crippen LogP contribution in [0.3, 0.4) is 0 Å². The van der Waals surface area contributed by atoms with Crippen LogP contribution in [0.5, 0.6) is 0 Å². The molecule has 0 aromatic rings. The molecule has 0 aliphatic rings. The predicted molar refractivity (Wildman–Crippen MR) is 343 cm³/mol. The zero-order valence-electron chi connectivity index (χ0n) is 52.7. The molecule has 3 N–H and O–H groups in total. The molecule has 6 heteroatoms. The van der Waals surface area contributed by atoms with E-state index in [4.69, 9.17) is 4.74 Å². The topological polar surface area (TPSA) is 95.9 Å². The van der Waals surface area contributed by atoms with Crippen LogP contribution in [0.2, 0.25) is 0 Å². The molecule has 0 saturated carbocycles. The number of allylic oxidation sites excluding steroid dienone is 6. The molecule has 0 aliphatic heterocycles. The van der Waals surface area contributed by atoms with E-state index >= 15 is 0 Å². The van der Waals surface area contributed by atoms with Crippen molar-refractivity contribution in [2.45, 2.75) is 398 Å². The Balaban J connectivity index is 3.37. The largest absolute Gasteiger partial charge is 0.466 e. The Bertz CT molecular complexity index is 1260. The third-order valence-electron chi connectivity index (χ3n) is 16.4. The van der Waals surface area contributed by atoms with Gasteiger partial charge >= 0.3 is 5.97 Å². The number of amides is 1. The van der Waals surface area contributed by atoms with E-state index in [1.54, 1.807) is 0 Å². The lowest BCUT2D eigenvalue weighted by Crippen LogP contribution is -2.45. The minimum Gasteiger partial charge on any atom is -0.466 e. The van der Waals surface area contributed by atoms with Gasteiger partial charge in [-0.15, -0.1) is 0 Å². The van der Waals surface area contributed by atoms with Gasteiger partial charge in [0.05, 0.1) is 25.4 Å². The molecule has 78 heavy (non-hydrogen) atoms. The fourth-order valence-corrected chi connectivity index (χ4v) is 11.0. The normalized spacial score (nSPS) is 12.7. The fraction of sp³-hybridized carbons (Fsp3) is 0.889. The van der Waals surface area contributed by atoms with Crippen molar-refractivity contribution in [3.8, 4) is 0 Å². The Hall–Kier alpha value is -1.92. The van der Waals surface area contributed by atoms with Gasteiger partial charge in [-0.05, 0) is 77.0 Å². The lowest BCUT2D eigenvalue weighted by atomic mass is 10.0. The standard InChI is InChI=1S/C72H137NO5/c1-3-5-7-9-11-13-15-17-19-34-37-40-44-48-52-56-60-64-70(75)69(68-74)73-71(76)65-61-57-53-49-45-41-38-35-32-30-28-26-24-22-20-21-23-25-27-29-31-33-36-39-43-47-51-55-59-63-67-78-72(77)66-62-58-54-50-46-42-18-16-14-12-10-8-6-4-2/h10,12,16,18,21,23,69-70,74-75H,3-9,11,13-15,17,19-20,22,24-68H2,1-2H3,(H,73,76)/b12-10-,18-16-,23-21-. The SMILES string of the molecule is CCCC/C=C\C/C=C\CCCCCCCC(=O)OCCCCCCCCCCCCCC/C=C\CCCCCCCCCCCCCCCCC(=O)NC(CO)C(O)CCCCCCCCCCCCCCCCCCC. The van der Waals surface area contributed by atoms with Crippen molar-refractivity contribution in [3.63, 3.8) is 0 Å². The summed E-state index contributed by atoms with van der Waals surface area (Å²) in [5.74, 6) is -0.0276. The van der Waals surface area contributed by atoms with Crippen LogP contribution in [-0.2, 0) is 14.3 Å². The van der Waals surface area contributed by atoms with Gasteiger partial charge in [0.2, 0.25) is 5.91 Å². The first kappa shape index (κ1) is 76.1. The van der Waals surface area contributed by atoms with Crippen molar-refractivity contribution in [1.29, 1.82) is 0 Å². The van der Waals surface area contributed by atoms with E-state index < -0.39 is 12.1 Å². The summed E-state index contributed by atoms with van der Waals surface area (Å²) in [6, 6.07) is -0.541. The van der Waals surface area contributed by atoms with Gasteiger partial charge in [-0.3, -0.25) is 9.59 Å². The first-order valence-corrected chi connectivity index (χ1v) is 35.2. The first-order valence-electron chi connectivity index (χ1n) is 35.2. The van der Waals surface area contributed by atoms with E-state index in [0.717, 1.165) is 51.4 Å². The lowest BCUT2D eigenvalue weighted by Gasteiger charge is -2.22. The molecule has 0 bridgehead atoms. The number of aliphatic hydroxyl groups is 2. The van der Waals surface area contributed by atoms with E-state index in [0.29, 0.717) is 25.9 Å². The number of unbranched alkanes of at least 4 members (excludes halogenated alkanes) is 49. The van der Waals surface area contributed by atoms with Gasteiger partial charge in [-0.1, -0.05) is 333 Å². The number of hydrogen-bond donors (Lipinski definition) is 3. The zero-order chi connectivity index (χ0) is 56.4. The molecular formula is C72H137NO5. The number of carbonyl (C=O) groups excluding carboxylic acids is 2. The number of aliphatic hydroxyl groups excluding tert-OH is 2. The Morgan fingerprint density at radius 1 is 0.359 bits per heavy atom. The minimum absolute atomic E-state index is 0.00276. The van der Waals surface area contributed by atoms with Gasteiger partial charge in [0.25, 0.3) is 0 Å². The molecular weight excluding hydrogens is 959 g/mol. The molecule has 0 fully saturated rings. The number of rotatable bonds is 66. The number of esters is 1. The van der Waals surface area contributed by atoms with Crippen molar-refractivity contribution in [2.24, 2.45) is 0 Å². The molecule has 0 heterocycles. The second kappa shape index (κ2) is 67.6.